The fourth-order valence-corrected chi connectivity index (χ4v) is 1.51. The lowest BCUT2D eigenvalue weighted by molar-refractivity contribution is 0.246. The number of aliphatic hydroxyl groups excluding tert-OH is 1. The third-order valence-corrected chi connectivity index (χ3v) is 2.56. The number of aliphatic hydroxyl groups is 1. The molecule has 2 N–H and O–H groups in total. The Labute approximate surface area is 96.3 Å². The summed E-state index contributed by atoms with van der Waals surface area (Å²) in [5.74, 6) is 0. The van der Waals surface area contributed by atoms with Crippen molar-refractivity contribution in [1.29, 1.82) is 0 Å². The van der Waals surface area contributed by atoms with Crippen molar-refractivity contribution in [3.05, 3.63) is 35.9 Å². The molecule has 1 aromatic rings. The molecule has 0 aliphatic carbocycles. The molecule has 0 aliphatic rings. The summed E-state index contributed by atoms with van der Waals surface area (Å²) in [6, 6.07) is 9.46. The first-order valence-corrected chi connectivity index (χ1v) is 5.67. The van der Waals surface area contributed by atoms with Crippen LogP contribution >= 0.6 is 12.2 Å². The molecular formula is C12H17NOS. The lowest BCUT2D eigenvalue weighted by atomic mass is 10.1. The Balaban J connectivity index is 2.46. The second-order valence-corrected chi connectivity index (χ2v) is 3.90. The topological polar surface area (TPSA) is 32.3 Å². The van der Waals surface area contributed by atoms with E-state index in [-0.39, 0.29) is 0 Å². The van der Waals surface area contributed by atoms with Gasteiger partial charge in [-0.1, -0.05) is 55.9 Å². The first-order chi connectivity index (χ1) is 7.25. The van der Waals surface area contributed by atoms with Crippen LogP contribution in [0.1, 0.15) is 31.4 Å². The zero-order chi connectivity index (χ0) is 11.1. The average molecular weight is 223 g/mol. The van der Waals surface area contributed by atoms with Gasteiger partial charge in [0, 0.05) is 6.54 Å². The van der Waals surface area contributed by atoms with Gasteiger partial charge in [0.2, 0.25) is 0 Å². The molecule has 0 aromatic heterocycles. The summed E-state index contributed by atoms with van der Waals surface area (Å²) in [6.45, 7) is 2.96. The molecule has 1 unspecified atom stereocenters. The summed E-state index contributed by atoms with van der Waals surface area (Å²) < 4.78 is 0. The predicted molar refractivity (Wildman–Crippen MR) is 66.9 cm³/mol. The largest absolute Gasteiger partial charge is 0.381 e. The van der Waals surface area contributed by atoms with Gasteiger partial charge >= 0.3 is 0 Å². The molecule has 2 nitrogen and oxygen atoms in total. The molecule has 15 heavy (non-hydrogen) atoms. The quantitative estimate of drug-likeness (QED) is 0.594. The summed E-state index contributed by atoms with van der Waals surface area (Å²) in [6.07, 6.45) is 1.51. The van der Waals surface area contributed by atoms with Gasteiger partial charge in [0.1, 0.15) is 11.1 Å². The van der Waals surface area contributed by atoms with Gasteiger partial charge in [-0.3, -0.25) is 0 Å². The summed E-state index contributed by atoms with van der Waals surface area (Å²) in [7, 11) is 0. The Bertz CT molecular complexity index is 300. The van der Waals surface area contributed by atoms with Crippen LogP contribution < -0.4 is 5.32 Å². The third kappa shape index (κ3) is 3.98. The Morgan fingerprint density at radius 2 is 2.07 bits per heavy atom. The number of hydrogen-bond acceptors (Lipinski definition) is 2. The van der Waals surface area contributed by atoms with Crippen LogP contribution in [0, 0.1) is 0 Å². The first-order valence-electron chi connectivity index (χ1n) is 5.26. The third-order valence-electron chi connectivity index (χ3n) is 2.19. The van der Waals surface area contributed by atoms with Crippen LogP contribution in [0.2, 0.25) is 0 Å². The maximum Gasteiger partial charge on any atom is 0.129 e. The Morgan fingerprint density at radius 3 is 2.67 bits per heavy atom. The second kappa shape index (κ2) is 6.53. The van der Waals surface area contributed by atoms with Gasteiger partial charge in [-0.15, -0.1) is 0 Å². The Kier molecular flexibility index (Phi) is 5.29. The van der Waals surface area contributed by atoms with Gasteiger partial charge in [-0.25, -0.2) is 0 Å². The molecule has 1 rings (SSSR count). The van der Waals surface area contributed by atoms with E-state index in [1.807, 2.05) is 30.3 Å². The van der Waals surface area contributed by atoms with Crippen LogP contribution in [0.5, 0.6) is 0 Å². The van der Waals surface area contributed by atoms with Crippen molar-refractivity contribution >= 4 is 17.2 Å². The van der Waals surface area contributed by atoms with E-state index in [1.54, 1.807) is 0 Å². The highest BCUT2D eigenvalue weighted by molar-refractivity contribution is 7.80. The van der Waals surface area contributed by atoms with Crippen molar-refractivity contribution in [2.75, 3.05) is 6.54 Å². The van der Waals surface area contributed by atoms with Gasteiger partial charge < -0.3 is 10.4 Å². The van der Waals surface area contributed by atoms with Crippen LogP contribution in [0.4, 0.5) is 0 Å². The first kappa shape index (κ1) is 12.1. The molecule has 0 fully saturated rings. The smallest absolute Gasteiger partial charge is 0.129 e. The SMILES string of the molecule is CCCCNC(=S)C(O)c1ccccc1. The van der Waals surface area contributed by atoms with Gasteiger partial charge in [0.05, 0.1) is 0 Å². The molecule has 3 heteroatoms. The monoisotopic (exact) mass is 223 g/mol. The van der Waals surface area contributed by atoms with Gasteiger partial charge in [0.15, 0.2) is 0 Å². The summed E-state index contributed by atoms with van der Waals surface area (Å²) >= 11 is 5.11. The normalized spacial score (nSPS) is 12.1. The standard InChI is InChI=1S/C12H17NOS/c1-2-3-9-13-12(15)11(14)10-7-5-4-6-8-10/h4-8,11,14H,2-3,9H2,1H3,(H,13,15). The van der Waals surface area contributed by atoms with Gasteiger partial charge in [-0.05, 0) is 12.0 Å². The highest BCUT2D eigenvalue weighted by Crippen LogP contribution is 2.12. The molecule has 0 saturated heterocycles. The lowest BCUT2D eigenvalue weighted by Gasteiger charge is -2.14. The van der Waals surface area contributed by atoms with E-state index in [4.69, 9.17) is 12.2 Å². The minimum Gasteiger partial charge on any atom is -0.381 e. The second-order valence-electron chi connectivity index (χ2n) is 3.46. The number of hydrogen-bond donors (Lipinski definition) is 2. The van der Waals surface area contributed by atoms with E-state index in [0.717, 1.165) is 24.9 Å². The number of thiocarbonyl (C=S) groups is 1. The van der Waals surface area contributed by atoms with E-state index in [1.165, 1.54) is 0 Å². The van der Waals surface area contributed by atoms with E-state index < -0.39 is 6.10 Å². The minimum absolute atomic E-state index is 0.509. The van der Waals surface area contributed by atoms with Gasteiger partial charge in [0.25, 0.3) is 0 Å². The molecule has 0 bridgehead atoms. The summed E-state index contributed by atoms with van der Waals surface area (Å²) in [5, 5.41) is 12.9. The molecule has 82 valence electrons. The highest BCUT2D eigenvalue weighted by atomic mass is 32.1. The van der Waals surface area contributed by atoms with Crippen molar-refractivity contribution in [1.82, 2.24) is 5.32 Å². The highest BCUT2D eigenvalue weighted by Gasteiger charge is 2.11. The molecule has 0 amide bonds. The Hall–Kier alpha value is -0.930. The summed E-state index contributed by atoms with van der Waals surface area (Å²) in [5.41, 5.74) is 0.839. The molecule has 0 spiro atoms. The molecule has 0 heterocycles. The molecule has 0 aliphatic heterocycles. The lowest BCUT2D eigenvalue weighted by Crippen LogP contribution is -2.28. The maximum absolute atomic E-state index is 9.88. The van der Waals surface area contributed by atoms with Crippen LogP contribution in [0.25, 0.3) is 0 Å². The van der Waals surface area contributed by atoms with Crippen LogP contribution in [0.15, 0.2) is 30.3 Å². The van der Waals surface area contributed by atoms with E-state index in [2.05, 4.69) is 12.2 Å². The summed E-state index contributed by atoms with van der Waals surface area (Å²) in [4.78, 5) is 0.509. The van der Waals surface area contributed by atoms with Crippen molar-refractivity contribution in [3.63, 3.8) is 0 Å². The fraction of sp³-hybridized carbons (Fsp3) is 0.417. The number of rotatable bonds is 5. The minimum atomic E-state index is -0.682. The number of unbranched alkanes of at least 4 members (excludes halogenated alkanes) is 1. The zero-order valence-corrected chi connectivity index (χ0v) is 9.76. The van der Waals surface area contributed by atoms with Crippen molar-refractivity contribution in [3.8, 4) is 0 Å². The van der Waals surface area contributed by atoms with E-state index >= 15 is 0 Å². The Morgan fingerprint density at radius 1 is 1.40 bits per heavy atom. The molecular weight excluding hydrogens is 206 g/mol. The van der Waals surface area contributed by atoms with Crippen LogP contribution in [-0.2, 0) is 0 Å². The van der Waals surface area contributed by atoms with Crippen molar-refractivity contribution in [2.45, 2.75) is 25.9 Å². The molecule has 1 aromatic carbocycles. The maximum atomic E-state index is 9.88. The van der Waals surface area contributed by atoms with Crippen LogP contribution in [-0.4, -0.2) is 16.6 Å². The predicted octanol–water partition coefficient (Wildman–Crippen LogP) is 2.44. The molecule has 0 radical (unpaired) electrons. The number of benzene rings is 1. The van der Waals surface area contributed by atoms with E-state index in [9.17, 15) is 5.11 Å². The average Bonchev–Trinajstić information content (AvgIpc) is 2.29. The fourth-order valence-electron chi connectivity index (χ4n) is 1.27. The van der Waals surface area contributed by atoms with Crippen molar-refractivity contribution < 1.29 is 5.11 Å². The van der Waals surface area contributed by atoms with Crippen molar-refractivity contribution in [2.24, 2.45) is 0 Å². The zero-order valence-electron chi connectivity index (χ0n) is 8.94. The number of nitrogens with one attached hydrogen (secondary N) is 1. The van der Waals surface area contributed by atoms with Crippen LogP contribution in [0.3, 0.4) is 0 Å². The van der Waals surface area contributed by atoms with E-state index in [0.29, 0.717) is 4.99 Å². The molecule has 0 saturated carbocycles. The van der Waals surface area contributed by atoms with Gasteiger partial charge in [-0.2, -0.15) is 0 Å². The molecule has 1 atom stereocenters.